The first-order valence-electron chi connectivity index (χ1n) is 8.58. The summed E-state index contributed by atoms with van der Waals surface area (Å²) in [5.74, 6) is 0.876. The van der Waals surface area contributed by atoms with Crippen LogP contribution in [0.2, 0.25) is 0 Å². The number of carbonyl (C=O) groups is 1. The molecule has 2 N–H and O–H groups in total. The van der Waals surface area contributed by atoms with E-state index in [4.69, 9.17) is 5.73 Å². The molecule has 1 aliphatic rings. The SMILES string of the molecule is CC(C)(C)N1CCN(c2cccc(C(=O)c3cccnc3N)n2)CC1.[HH].[HH]. The van der Waals surface area contributed by atoms with Gasteiger partial charge in [-0.05, 0) is 45.0 Å². The number of ketones is 1. The fraction of sp³-hybridized carbons (Fsp3) is 0.421. The zero-order chi connectivity index (χ0) is 18.0. The standard InChI is InChI=1S/C19H25N5O.2H2/c1-19(2,3)24-12-10-23(11-13-24)16-8-4-7-15(22-16)17(25)14-6-5-9-21-18(14)20;;/h4-9H,10-13H2,1-3H3,(H2,20,21);2*1H. The third-order valence-electron chi connectivity index (χ3n) is 4.60. The lowest BCUT2D eigenvalue weighted by atomic mass is 10.0. The molecule has 6 nitrogen and oxygen atoms in total. The predicted octanol–water partition coefficient (Wildman–Crippen LogP) is 2.70. The summed E-state index contributed by atoms with van der Waals surface area (Å²) in [5, 5.41) is 0. The van der Waals surface area contributed by atoms with Gasteiger partial charge in [0, 0.05) is 40.8 Å². The third kappa shape index (κ3) is 3.79. The van der Waals surface area contributed by atoms with E-state index in [1.807, 2.05) is 12.1 Å². The number of pyridine rings is 2. The van der Waals surface area contributed by atoms with Crippen LogP contribution in [0.1, 0.15) is 39.7 Å². The van der Waals surface area contributed by atoms with Crippen molar-refractivity contribution in [3.05, 3.63) is 47.8 Å². The van der Waals surface area contributed by atoms with Crippen LogP contribution in [0.15, 0.2) is 36.5 Å². The number of hydrogen-bond acceptors (Lipinski definition) is 6. The van der Waals surface area contributed by atoms with E-state index < -0.39 is 0 Å². The van der Waals surface area contributed by atoms with Gasteiger partial charge in [-0.15, -0.1) is 0 Å². The highest BCUT2D eigenvalue weighted by molar-refractivity contribution is 6.10. The molecule has 0 saturated carbocycles. The van der Waals surface area contributed by atoms with Crippen LogP contribution in [0.25, 0.3) is 0 Å². The minimum atomic E-state index is -0.194. The Labute approximate surface area is 151 Å². The molecule has 2 aromatic rings. The second-order valence-corrected chi connectivity index (χ2v) is 7.29. The molecule has 136 valence electrons. The molecule has 0 aliphatic carbocycles. The number of nitrogens with two attached hydrogens (primary N) is 1. The summed E-state index contributed by atoms with van der Waals surface area (Å²) in [6.45, 7) is 10.5. The largest absolute Gasteiger partial charge is 0.383 e. The molecular formula is C19H29N5O. The lowest BCUT2D eigenvalue weighted by Gasteiger charge is -2.42. The van der Waals surface area contributed by atoms with Crippen molar-refractivity contribution in [2.45, 2.75) is 26.3 Å². The highest BCUT2D eigenvalue weighted by Crippen LogP contribution is 2.21. The van der Waals surface area contributed by atoms with Crippen LogP contribution in [-0.4, -0.2) is 52.4 Å². The van der Waals surface area contributed by atoms with Gasteiger partial charge < -0.3 is 10.6 Å². The zero-order valence-corrected chi connectivity index (χ0v) is 15.1. The van der Waals surface area contributed by atoms with E-state index in [9.17, 15) is 4.79 Å². The molecule has 1 saturated heterocycles. The smallest absolute Gasteiger partial charge is 0.215 e. The maximum absolute atomic E-state index is 12.7. The maximum atomic E-state index is 12.7. The van der Waals surface area contributed by atoms with Crippen molar-refractivity contribution in [3.8, 4) is 0 Å². The van der Waals surface area contributed by atoms with Gasteiger partial charge in [0.05, 0.1) is 5.56 Å². The summed E-state index contributed by atoms with van der Waals surface area (Å²) in [7, 11) is 0. The first-order chi connectivity index (χ1) is 11.9. The first-order valence-corrected chi connectivity index (χ1v) is 8.58. The number of aromatic nitrogens is 2. The Hall–Kier alpha value is -2.47. The van der Waals surface area contributed by atoms with Crippen molar-refractivity contribution in [1.29, 1.82) is 0 Å². The van der Waals surface area contributed by atoms with Gasteiger partial charge >= 0.3 is 0 Å². The van der Waals surface area contributed by atoms with Crippen LogP contribution < -0.4 is 10.6 Å². The van der Waals surface area contributed by atoms with Crippen LogP contribution in [0.4, 0.5) is 11.6 Å². The van der Waals surface area contributed by atoms with Crippen molar-refractivity contribution in [3.63, 3.8) is 0 Å². The average Bonchev–Trinajstić information content (AvgIpc) is 2.61. The first kappa shape index (κ1) is 17.4. The fourth-order valence-corrected chi connectivity index (χ4v) is 3.08. The number of carbonyl (C=O) groups excluding carboxylic acids is 1. The van der Waals surface area contributed by atoms with Gasteiger partial charge in [0.25, 0.3) is 0 Å². The molecule has 0 radical (unpaired) electrons. The van der Waals surface area contributed by atoms with E-state index in [0.29, 0.717) is 11.3 Å². The molecule has 3 rings (SSSR count). The average molecular weight is 343 g/mol. The molecule has 0 unspecified atom stereocenters. The second-order valence-electron chi connectivity index (χ2n) is 7.29. The number of rotatable bonds is 3. The summed E-state index contributed by atoms with van der Waals surface area (Å²) in [5.41, 5.74) is 6.79. The summed E-state index contributed by atoms with van der Waals surface area (Å²) in [6, 6.07) is 8.94. The summed E-state index contributed by atoms with van der Waals surface area (Å²) < 4.78 is 0. The van der Waals surface area contributed by atoms with Gasteiger partial charge in [-0.25, -0.2) is 9.97 Å². The number of nitrogens with zero attached hydrogens (tertiary/aromatic N) is 4. The Kier molecular flexibility index (Phi) is 4.72. The lowest BCUT2D eigenvalue weighted by Crippen LogP contribution is -2.53. The summed E-state index contributed by atoms with van der Waals surface area (Å²) in [6.07, 6.45) is 1.57. The summed E-state index contributed by atoms with van der Waals surface area (Å²) in [4.78, 5) is 25.9. The Morgan fingerprint density at radius 2 is 1.84 bits per heavy atom. The minimum absolute atomic E-state index is 0. The summed E-state index contributed by atoms with van der Waals surface area (Å²) >= 11 is 0. The normalized spacial score (nSPS) is 16.0. The molecular weight excluding hydrogens is 314 g/mol. The van der Waals surface area contributed by atoms with Crippen molar-refractivity contribution < 1.29 is 7.65 Å². The molecule has 1 fully saturated rings. The van der Waals surface area contributed by atoms with Crippen LogP contribution in [0, 0.1) is 0 Å². The van der Waals surface area contributed by atoms with E-state index in [1.165, 1.54) is 0 Å². The Balaban J connectivity index is 0.00000182. The van der Waals surface area contributed by atoms with Crippen LogP contribution in [-0.2, 0) is 0 Å². The molecule has 2 aromatic heterocycles. The molecule has 0 aromatic carbocycles. The predicted molar refractivity (Wildman–Crippen MR) is 104 cm³/mol. The topological polar surface area (TPSA) is 75.3 Å². The maximum Gasteiger partial charge on any atom is 0.215 e. The van der Waals surface area contributed by atoms with E-state index in [2.05, 4.69) is 40.5 Å². The second kappa shape index (κ2) is 6.80. The van der Waals surface area contributed by atoms with E-state index in [0.717, 1.165) is 32.0 Å². The molecule has 6 heteroatoms. The van der Waals surface area contributed by atoms with Gasteiger partial charge in [0.1, 0.15) is 17.3 Å². The van der Waals surface area contributed by atoms with Gasteiger partial charge in [-0.1, -0.05) is 6.07 Å². The molecule has 25 heavy (non-hydrogen) atoms. The van der Waals surface area contributed by atoms with Gasteiger partial charge in [0.15, 0.2) is 0 Å². The zero-order valence-electron chi connectivity index (χ0n) is 15.1. The Morgan fingerprint density at radius 3 is 2.48 bits per heavy atom. The molecule has 0 amide bonds. The molecule has 0 spiro atoms. The number of piperazine rings is 1. The Morgan fingerprint density at radius 1 is 1.12 bits per heavy atom. The van der Waals surface area contributed by atoms with E-state index in [1.54, 1.807) is 24.4 Å². The van der Waals surface area contributed by atoms with Crippen molar-refractivity contribution in [1.82, 2.24) is 14.9 Å². The van der Waals surface area contributed by atoms with E-state index >= 15 is 0 Å². The number of hydrogen-bond donors (Lipinski definition) is 1. The molecule has 0 bridgehead atoms. The van der Waals surface area contributed by atoms with Crippen molar-refractivity contribution in [2.24, 2.45) is 0 Å². The van der Waals surface area contributed by atoms with Crippen LogP contribution >= 0.6 is 0 Å². The van der Waals surface area contributed by atoms with E-state index in [-0.39, 0.29) is 20.0 Å². The molecule has 3 heterocycles. The number of nitrogen functional groups attached to an aromatic ring is 1. The van der Waals surface area contributed by atoms with Crippen LogP contribution in [0.3, 0.4) is 0 Å². The Bertz CT molecular complexity index is 771. The van der Waals surface area contributed by atoms with Gasteiger partial charge in [-0.2, -0.15) is 0 Å². The van der Waals surface area contributed by atoms with Crippen LogP contribution in [0.5, 0.6) is 0 Å². The minimum Gasteiger partial charge on any atom is -0.383 e. The highest BCUT2D eigenvalue weighted by atomic mass is 16.1. The lowest BCUT2D eigenvalue weighted by molar-refractivity contribution is 0.103. The third-order valence-corrected chi connectivity index (χ3v) is 4.60. The van der Waals surface area contributed by atoms with Crippen molar-refractivity contribution in [2.75, 3.05) is 36.8 Å². The van der Waals surface area contributed by atoms with Crippen molar-refractivity contribution >= 4 is 17.4 Å². The monoisotopic (exact) mass is 343 g/mol. The quantitative estimate of drug-likeness (QED) is 0.864. The number of anilines is 2. The highest BCUT2D eigenvalue weighted by Gasteiger charge is 2.26. The molecule has 1 aliphatic heterocycles. The molecule has 0 atom stereocenters. The fourth-order valence-electron chi connectivity index (χ4n) is 3.08. The van der Waals surface area contributed by atoms with Gasteiger partial charge in [-0.3, -0.25) is 9.69 Å². The van der Waals surface area contributed by atoms with Gasteiger partial charge in [0.2, 0.25) is 5.78 Å².